The molecule has 20 heavy (non-hydrogen) atoms. The quantitative estimate of drug-likeness (QED) is 0.820. The van der Waals surface area contributed by atoms with E-state index in [1.54, 1.807) is 30.3 Å². The summed E-state index contributed by atoms with van der Waals surface area (Å²) in [5, 5.41) is 3.10. The van der Waals surface area contributed by atoms with Crippen LogP contribution in [0.4, 0.5) is 11.4 Å². The van der Waals surface area contributed by atoms with Crippen molar-refractivity contribution < 1.29 is 9.53 Å². The lowest BCUT2D eigenvalue weighted by molar-refractivity contribution is 0.102. The predicted molar refractivity (Wildman–Crippen MR) is 84.5 cm³/mol. The average Bonchev–Trinajstić information content (AvgIpc) is 2.42. The molecule has 2 aromatic rings. The van der Waals surface area contributed by atoms with E-state index in [9.17, 15) is 4.79 Å². The second-order valence-electron chi connectivity index (χ2n) is 4.00. The van der Waals surface area contributed by atoms with E-state index < -0.39 is 0 Å². The number of para-hydroxylation sites is 1. The molecular formula is C14H12BrClN2O2. The fourth-order valence-corrected chi connectivity index (χ4v) is 2.24. The molecule has 0 fully saturated rings. The Balaban J connectivity index is 2.32. The van der Waals surface area contributed by atoms with Gasteiger partial charge in [0.2, 0.25) is 0 Å². The summed E-state index contributed by atoms with van der Waals surface area (Å²) in [7, 11) is 1.53. The lowest BCUT2D eigenvalue weighted by atomic mass is 10.1. The van der Waals surface area contributed by atoms with Gasteiger partial charge < -0.3 is 15.8 Å². The van der Waals surface area contributed by atoms with E-state index >= 15 is 0 Å². The van der Waals surface area contributed by atoms with Crippen molar-refractivity contribution in [2.24, 2.45) is 0 Å². The monoisotopic (exact) mass is 354 g/mol. The molecule has 0 atom stereocenters. The molecule has 0 heterocycles. The normalized spacial score (nSPS) is 10.2. The van der Waals surface area contributed by atoms with Gasteiger partial charge in [-0.15, -0.1) is 0 Å². The number of hydrogen-bond donors (Lipinski definition) is 2. The zero-order valence-corrected chi connectivity index (χ0v) is 13.0. The Labute approximate surface area is 130 Å². The van der Waals surface area contributed by atoms with Crippen molar-refractivity contribution in [2.75, 3.05) is 18.2 Å². The molecule has 0 saturated heterocycles. The Hall–Kier alpha value is -1.72. The SMILES string of the molecule is COc1ccc(Br)cc1NC(=O)c1cccc(Cl)c1N. The fourth-order valence-electron chi connectivity index (χ4n) is 1.70. The van der Waals surface area contributed by atoms with Gasteiger partial charge in [-0.1, -0.05) is 33.6 Å². The highest BCUT2D eigenvalue weighted by atomic mass is 79.9. The summed E-state index contributed by atoms with van der Waals surface area (Å²) in [5.41, 5.74) is 6.92. The summed E-state index contributed by atoms with van der Waals surface area (Å²) >= 11 is 9.25. The second-order valence-corrected chi connectivity index (χ2v) is 5.32. The molecule has 0 aliphatic rings. The maximum atomic E-state index is 12.2. The number of carbonyl (C=O) groups excluding carboxylic acids is 1. The van der Waals surface area contributed by atoms with Gasteiger partial charge in [0.05, 0.1) is 29.1 Å². The predicted octanol–water partition coefficient (Wildman–Crippen LogP) is 3.95. The number of methoxy groups -OCH3 is 1. The molecule has 0 aliphatic heterocycles. The minimum atomic E-state index is -0.346. The standard InChI is InChI=1S/C14H12BrClN2O2/c1-20-12-6-5-8(15)7-11(12)18-14(19)9-3-2-4-10(16)13(9)17/h2-7H,17H2,1H3,(H,18,19). The molecule has 2 rings (SSSR count). The van der Waals surface area contributed by atoms with E-state index in [4.69, 9.17) is 22.1 Å². The lowest BCUT2D eigenvalue weighted by Gasteiger charge is -2.12. The number of halogens is 2. The maximum Gasteiger partial charge on any atom is 0.257 e. The maximum absolute atomic E-state index is 12.2. The van der Waals surface area contributed by atoms with Crippen LogP contribution in [-0.2, 0) is 0 Å². The summed E-state index contributed by atoms with van der Waals surface area (Å²) in [6.45, 7) is 0. The molecule has 6 heteroatoms. The van der Waals surface area contributed by atoms with Crippen LogP contribution in [0.3, 0.4) is 0 Å². The van der Waals surface area contributed by atoms with Gasteiger partial charge in [-0.2, -0.15) is 0 Å². The van der Waals surface area contributed by atoms with Crippen molar-refractivity contribution in [3.63, 3.8) is 0 Å². The topological polar surface area (TPSA) is 64.3 Å². The molecule has 2 aromatic carbocycles. The molecule has 0 aromatic heterocycles. The number of benzene rings is 2. The molecular weight excluding hydrogens is 344 g/mol. The largest absolute Gasteiger partial charge is 0.495 e. The molecule has 0 radical (unpaired) electrons. The Bertz CT molecular complexity index is 662. The third-order valence-electron chi connectivity index (χ3n) is 2.71. The number of hydrogen-bond acceptors (Lipinski definition) is 3. The minimum Gasteiger partial charge on any atom is -0.495 e. The number of carbonyl (C=O) groups is 1. The highest BCUT2D eigenvalue weighted by molar-refractivity contribution is 9.10. The van der Waals surface area contributed by atoms with Crippen LogP contribution in [0.2, 0.25) is 5.02 Å². The van der Waals surface area contributed by atoms with Gasteiger partial charge >= 0.3 is 0 Å². The number of nitrogen functional groups attached to an aromatic ring is 1. The molecule has 1 amide bonds. The van der Waals surface area contributed by atoms with Crippen molar-refractivity contribution in [1.29, 1.82) is 0 Å². The van der Waals surface area contributed by atoms with Gasteiger partial charge in [-0.3, -0.25) is 4.79 Å². The average molecular weight is 356 g/mol. The second kappa shape index (κ2) is 6.15. The highest BCUT2D eigenvalue weighted by Crippen LogP contribution is 2.29. The molecule has 0 unspecified atom stereocenters. The van der Waals surface area contributed by atoms with E-state index in [-0.39, 0.29) is 11.6 Å². The van der Waals surface area contributed by atoms with Crippen LogP contribution in [0.1, 0.15) is 10.4 Å². The first-order valence-corrected chi connectivity index (χ1v) is 6.89. The number of nitrogens with two attached hydrogens (primary N) is 1. The summed E-state index contributed by atoms with van der Waals surface area (Å²) in [6, 6.07) is 10.2. The van der Waals surface area contributed by atoms with E-state index in [0.717, 1.165) is 4.47 Å². The highest BCUT2D eigenvalue weighted by Gasteiger charge is 2.14. The van der Waals surface area contributed by atoms with Gasteiger partial charge in [0, 0.05) is 4.47 Å². The van der Waals surface area contributed by atoms with E-state index in [1.807, 2.05) is 6.07 Å². The van der Waals surface area contributed by atoms with Crippen molar-refractivity contribution in [1.82, 2.24) is 0 Å². The summed E-state index contributed by atoms with van der Waals surface area (Å²) < 4.78 is 6.02. The molecule has 0 aliphatic carbocycles. The zero-order chi connectivity index (χ0) is 14.7. The van der Waals surface area contributed by atoms with Gasteiger partial charge in [-0.05, 0) is 30.3 Å². The molecule has 4 nitrogen and oxygen atoms in total. The van der Waals surface area contributed by atoms with Crippen LogP contribution in [0.15, 0.2) is 40.9 Å². The smallest absolute Gasteiger partial charge is 0.257 e. The van der Waals surface area contributed by atoms with E-state index in [0.29, 0.717) is 22.0 Å². The first kappa shape index (κ1) is 14.7. The van der Waals surface area contributed by atoms with E-state index in [1.165, 1.54) is 7.11 Å². The first-order valence-electron chi connectivity index (χ1n) is 5.72. The van der Waals surface area contributed by atoms with Crippen molar-refractivity contribution in [3.05, 3.63) is 51.5 Å². The van der Waals surface area contributed by atoms with Crippen molar-refractivity contribution in [3.8, 4) is 5.75 Å². The number of nitrogens with one attached hydrogen (secondary N) is 1. The summed E-state index contributed by atoms with van der Waals surface area (Å²) in [5.74, 6) is 0.212. The van der Waals surface area contributed by atoms with Crippen LogP contribution in [0, 0.1) is 0 Å². The van der Waals surface area contributed by atoms with Crippen molar-refractivity contribution >= 4 is 44.8 Å². The third kappa shape index (κ3) is 3.05. The Morgan fingerprint density at radius 3 is 2.80 bits per heavy atom. The van der Waals surface area contributed by atoms with Crippen LogP contribution in [0.25, 0.3) is 0 Å². The third-order valence-corrected chi connectivity index (χ3v) is 3.53. The molecule has 0 saturated carbocycles. The Kier molecular flexibility index (Phi) is 4.52. The van der Waals surface area contributed by atoms with Gasteiger partial charge in [-0.25, -0.2) is 0 Å². The van der Waals surface area contributed by atoms with Gasteiger partial charge in [0.25, 0.3) is 5.91 Å². The number of anilines is 2. The fraction of sp³-hybridized carbons (Fsp3) is 0.0714. The van der Waals surface area contributed by atoms with E-state index in [2.05, 4.69) is 21.2 Å². The van der Waals surface area contributed by atoms with Gasteiger partial charge in [0.15, 0.2) is 0 Å². The number of rotatable bonds is 3. The first-order chi connectivity index (χ1) is 9.52. The molecule has 0 spiro atoms. The zero-order valence-electron chi connectivity index (χ0n) is 10.6. The minimum absolute atomic E-state index is 0.251. The van der Waals surface area contributed by atoms with Crippen LogP contribution in [0.5, 0.6) is 5.75 Å². The molecule has 0 bridgehead atoms. The van der Waals surface area contributed by atoms with Crippen LogP contribution >= 0.6 is 27.5 Å². The number of ether oxygens (including phenoxy) is 1. The Morgan fingerprint density at radius 2 is 2.10 bits per heavy atom. The summed E-state index contributed by atoms with van der Waals surface area (Å²) in [6.07, 6.45) is 0. The van der Waals surface area contributed by atoms with Gasteiger partial charge in [0.1, 0.15) is 5.75 Å². The lowest BCUT2D eigenvalue weighted by Crippen LogP contribution is -2.14. The van der Waals surface area contributed by atoms with Crippen molar-refractivity contribution in [2.45, 2.75) is 0 Å². The summed E-state index contributed by atoms with van der Waals surface area (Å²) in [4.78, 5) is 12.2. The Morgan fingerprint density at radius 1 is 1.35 bits per heavy atom. The molecule has 104 valence electrons. The van der Waals surface area contributed by atoms with Crippen LogP contribution < -0.4 is 15.8 Å². The number of amides is 1. The molecule has 3 N–H and O–H groups in total. The van der Waals surface area contributed by atoms with Crippen LogP contribution in [-0.4, -0.2) is 13.0 Å².